The molecule has 2 aromatic heterocycles. The highest BCUT2D eigenvalue weighted by Gasteiger charge is 2.54. The number of nitrogens with zero attached hydrogens (tertiary/aromatic N) is 5. The van der Waals surface area contributed by atoms with Crippen LogP contribution in [0.2, 0.25) is 0 Å². The zero-order valence-corrected chi connectivity index (χ0v) is 19.9. The Morgan fingerprint density at radius 1 is 1.45 bits per heavy atom. The van der Waals surface area contributed by atoms with Crippen molar-refractivity contribution in [1.82, 2.24) is 30.4 Å². The Morgan fingerprint density at radius 3 is 2.85 bits per heavy atom. The van der Waals surface area contributed by atoms with Crippen LogP contribution < -0.4 is 11.1 Å². The minimum atomic E-state index is -1.23. The van der Waals surface area contributed by atoms with Gasteiger partial charge in [0.1, 0.15) is 29.1 Å². The van der Waals surface area contributed by atoms with Crippen LogP contribution in [-0.4, -0.2) is 80.6 Å². The van der Waals surface area contributed by atoms with Crippen LogP contribution in [0, 0.1) is 0 Å². The fourth-order valence-electron chi connectivity index (χ4n) is 3.13. The second kappa shape index (κ2) is 9.62. The maximum Gasteiger partial charge on any atom is 0.353 e. The van der Waals surface area contributed by atoms with Crippen molar-refractivity contribution < 1.29 is 24.7 Å². The number of rotatable bonds is 8. The van der Waals surface area contributed by atoms with Gasteiger partial charge in [-0.15, -0.1) is 34.9 Å². The second-order valence-electron chi connectivity index (χ2n) is 6.55. The van der Waals surface area contributed by atoms with Gasteiger partial charge < -0.3 is 21.4 Å². The molecule has 0 aliphatic carbocycles. The predicted molar refractivity (Wildman–Crippen MR) is 124 cm³/mol. The molecule has 0 spiro atoms. The van der Waals surface area contributed by atoms with Crippen molar-refractivity contribution in [2.75, 3.05) is 11.5 Å². The van der Waals surface area contributed by atoms with Crippen molar-refractivity contribution in [3.05, 3.63) is 28.0 Å². The van der Waals surface area contributed by atoms with Crippen molar-refractivity contribution in [2.24, 2.45) is 5.16 Å². The Balaban J connectivity index is 1.47. The van der Waals surface area contributed by atoms with Crippen LogP contribution in [0.4, 0.5) is 5.13 Å². The molecule has 0 bridgehead atoms. The summed E-state index contributed by atoms with van der Waals surface area (Å²) in [5.41, 5.74) is 5.13. The topological polar surface area (TPSA) is 200 Å². The number of carbonyl (C=O) groups excluding carboxylic acids is 2. The molecule has 2 aromatic rings. The molecule has 3 atom stereocenters. The number of carboxylic acid groups (broad SMARTS) is 1. The van der Waals surface area contributed by atoms with E-state index in [1.54, 1.807) is 0 Å². The zero-order valence-electron chi connectivity index (χ0n) is 16.7. The summed E-state index contributed by atoms with van der Waals surface area (Å²) in [5.74, 6) is -2.27. The van der Waals surface area contributed by atoms with E-state index < -0.39 is 34.9 Å². The van der Waals surface area contributed by atoms with E-state index in [2.05, 4.69) is 30.6 Å². The highest BCUT2D eigenvalue weighted by atomic mass is 32.2. The van der Waals surface area contributed by atoms with E-state index in [1.807, 2.05) is 6.92 Å². The molecule has 0 aromatic carbocycles. The number of carboxylic acids is 1. The first-order valence-corrected chi connectivity index (χ1v) is 12.8. The molecule has 2 aliphatic heterocycles. The van der Waals surface area contributed by atoms with Crippen LogP contribution in [0.15, 0.2) is 32.6 Å². The summed E-state index contributed by atoms with van der Waals surface area (Å²) in [6.07, 6.45) is 1.38. The quantitative estimate of drug-likeness (QED) is 0.0798. The lowest BCUT2D eigenvalue weighted by Gasteiger charge is -2.49. The smallest absolute Gasteiger partial charge is 0.353 e. The number of β-lactam (4-membered cyclic amide) rings is 1. The largest absolute Gasteiger partial charge is 0.477 e. The summed E-state index contributed by atoms with van der Waals surface area (Å²) in [4.78, 5) is 47.0. The van der Waals surface area contributed by atoms with Crippen molar-refractivity contribution in [1.29, 1.82) is 0 Å². The van der Waals surface area contributed by atoms with E-state index in [9.17, 15) is 24.7 Å². The third-order valence-corrected chi connectivity index (χ3v) is 8.90. The molecule has 13 nitrogen and oxygen atoms in total. The van der Waals surface area contributed by atoms with Gasteiger partial charge in [0.15, 0.2) is 16.0 Å². The van der Waals surface area contributed by atoms with Gasteiger partial charge in [0.05, 0.1) is 4.58 Å². The first-order chi connectivity index (χ1) is 15.8. The molecule has 2 aliphatic rings. The first-order valence-electron chi connectivity index (χ1n) is 9.14. The first kappa shape index (κ1) is 23.4. The van der Waals surface area contributed by atoms with Gasteiger partial charge >= 0.3 is 5.97 Å². The summed E-state index contributed by atoms with van der Waals surface area (Å²) < 4.78 is -0.0970. The lowest BCUT2D eigenvalue weighted by Crippen LogP contribution is -2.71. The number of carbonyl (C=O) groups is 3. The molecule has 0 radical (unpaired) electrons. The number of thioether (sulfide) groups is 3. The van der Waals surface area contributed by atoms with Crippen molar-refractivity contribution in [3.63, 3.8) is 0 Å². The molecule has 1 unspecified atom stereocenters. The van der Waals surface area contributed by atoms with E-state index in [0.717, 1.165) is 11.3 Å². The van der Waals surface area contributed by atoms with Gasteiger partial charge in [-0.05, 0) is 6.92 Å². The maximum absolute atomic E-state index is 12.8. The number of oxime groups is 1. The number of nitrogens with two attached hydrogens (primary N) is 1. The minimum absolute atomic E-state index is 0.0699. The number of amides is 2. The van der Waals surface area contributed by atoms with Gasteiger partial charge in [0, 0.05) is 16.0 Å². The van der Waals surface area contributed by atoms with Crippen molar-refractivity contribution >= 4 is 75.2 Å². The third-order valence-electron chi connectivity index (χ3n) is 4.48. The van der Waals surface area contributed by atoms with Crippen molar-refractivity contribution in [2.45, 2.75) is 28.1 Å². The zero-order chi connectivity index (χ0) is 23.7. The van der Waals surface area contributed by atoms with E-state index in [1.165, 1.54) is 51.9 Å². The monoisotopic (exact) mass is 528 g/mol. The lowest BCUT2D eigenvalue weighted by molar-refractivity contribution is -0.150. The van der Waals surface area contributed by atoms with Gasteiger partial charge in [0.2, 0.25) is 0 Å². The number of H-pyrrole nitrogens is 1. The number of fused-ring (bicyclic) bond motifs is 1. The summed E-state index contributed by atoms with van der Waals surface area (Å²) >= 11 is 5.10. The van der Waals surface area contributed by atoms with Gasteiger partial charge in [-0.25, -0.2) is 14.8 Å². The van der Waals surface area contributed by atoms with Gasteiger partial charge in [-0.3, -0.25) is 19.6 Å². The molecule has 33 heavy (non-hydrogen) atoms. The van der Waals surface area contributed by atoms with Crippen LogP contribution >= 0.6 is 46.6 Å². The Kier molecular flexibility index (Phi) is 6.82. The highest BCUT2D eigenvalue weighted by molar-refractivity contribution is 8.19. The summed E-state index contributed by atoms with van der Waals surface area (Å²) in [5, 5.41) is 32.6. The highest BCUT2D eigenvalue weighted by Crippen LogP contribution is 2.46. The molecule has 6 N–H and O–H groups in total. The van der Waals surface area contributed by atoms with Gasteiger partial charge in [-0.2, -0.15) is 5.10 Å². The van der Waals surface area contributed by atoms with E-state index in [4.69, 9.17) is 5.73 Å². The number of aromatic amines is 1. The van der Waals surface area contributed by atoms with Crippen LogP contribution in [-0.2, 0) is 14.4 Å². The molecular formula is C16H16N8O5S4. The SMILES string of the molecule is CC(SC1=C(C(=O)O)N2C(=O)[C@@H](NC(=O)/C(=N\O)c3csc(N)n3)[C@H]2SC1)Sc1ncn[nH]1. The van der Waals surface area contributed by atoms with Crippen LogP contribution in [0.25, 0.3) is 0 Å². The lowest BCUT2D eigenvalue weighted by atomic mass is 10.0. The maximum atomic E-state index is 12.8. The number of anilines is 1. The molecule has 1 fully saturated rings. The minimum Gasteiger partial charge on any atom is -0.477 e. The number of thiazole rings is 1. The summed E-state index contributed by atoms with van der Waals surface area (Å²) in [6, 6.07) is -0.975. The number of nitrogens with one attached hydrogen (secondary N) is 2. The number of aromatic nitrogens is 4. The molecule has 2 amide bonds. The Hall–Kier alpha value is -2.76. The standard InChI is InChI=1S/C16H16N8O5S4/c1-5(33-16-18-4-19-22-16)32-7-3-30-13-9(12(26)24(13)10(7)14(27)28)21-11(25)8(23-29)6-2-31-15(17)20-6/h2,4-5,9,13,29H,3H2,1H3,(H2,17,20)(H,21,25)(H,27,28)(H,18,19,22)/b23-8-/t5?,9-,13-/m1/s1. The average Bonchev–Trinajstić information content (AvgIpc) is 3.43. The van der Waals surface area contributed by atoms with Gasteiger partial charge in [-0.1, -0.05) is 16.9 Å². The van der Waals surface area contributed by atoms with Crippen LogP contribution in [0.3, 0.4) is 0 Å². The molecule has 4 heterocycles. The molecular weight excluding hydrogens is 512 g/mol. The Morgan fingerprint density at radius 2 is 2.24 bits per heavy atom. The summed E-state index contributed by atoms with van der Waals surface area (Å²) in [6.45, 7) is 1.89. The van der Waals surface area contributed by atoms with Crippen molar-refractivity contribution in [3.8, 4) is 0 Å². The van der Waals surface area contributed by atoms with E-state index in [0.29, 0.717) is 15.8 Å². The predicted octanol–water partition coefficient (Wildman–Crippen LogP) is 0.589. The molecule has 174 valence electrons. The fraction of sp³-hybridized carbons (Fsp3) is 0.312. The number of aliphatic carboxylic acids is 1. The van der Waals surface area contributed by atoms with Crippen LogP contribution in [0.1, 0.15) is 12.6 Å². The Labute approximate surface area is 202 Å². The molecule has 1 saturated heterocycles. The molecule has 0 saturated carbocycles. The van der Waals surface area contributed by atoms with E-state index in [-0.39, 0.29) is 21.1 Å². The average molecular weight is 529 g/mol. The number of hydrogen-bond donors (Lipinski definition) is 5. The van der Waals surface area contributed by atoms with Crippen LogP contribution in [0.5, 0.6) is 0 Å². The Bertz CT molecular complexity index is 1150. The molecule has 17 heteroatoms. The second-order valence-corrected chi connectivity index (χ2v) is 11.6. The summed E-state index contributed by atoms with van der Waals surface area (Å²) in [7, 11) is 0. The van der Waals surface area contributed by atoms with E-state index >= 15 is 0 Å². The molecule has 4 rings (SSSR count). The van der Waals surface area contributed by atoms with Gasteiger partial charge in [0.25, 0.3) is 11.8 Å². The number of hydrogen-bond acceptors (Lipinski definition) is 13. The number of nitrogen functional groups attached to an aromatic ring is 1. The normalized spacial score (nSPS) is 21.4. The third kappa shape index (κ3) is 4.66. The fourth-order valence-corrected chi connectivity index (χ4v) is 7.39.